The average molecular weight is 206 g/mol. The van der Waals surface area contributed by atoms with Crippen LogP contribution in [-0.2, 0) is 4.74 Å². The SMILES string of the molecule is COC(=O)c1cc2c(C)noc2cc1N. The number of benzene rings is 1. The van der Waals surface area contributed by atoms with Gasteiger partial charge in [0.05, 0.1) is 18.4 Å². The third kappa shape index (κ3) is 1.41. The van der Waals surface area contributed by atoms with E-state index in [9.17, 15) is 4.79 Å². The molecule has 0 atom stereocenters. The van der Waals surface area contributed by atoms with E-state index in [1.54, 1.807) is 19.1 Å². The lowest BCUT2D eigenvalue weighted by Crippen LogP contribution is -2.05. The van der Waals surface area contributed by atoms with Gasteiger partial charge in [-0.1, -0.05) is 5.16 Å². The summed E-state index contributed by atoms with van der Waals surface area (Å²) >= 11 is 0. The maximum Gasteiger partial charge on any atom is 0.339 e. The number of aryl methyl sites for hydroxylation is 1. The number of nitrogen functional groups attached to an aromatic ring is 1. The van der Waals surface area contributed by atoms with E-state index in [1.165, 1.54) is 7.11 Å². The summed E-state index contributed by atoms with van der Waals surface area (Å²) in [6, 6.07) is 3.20. The highest BCUT2D eigenvalue weighted by Crippen LogP contribution is 2.24. The minimum atomic E-state index is -0.463. The summed E-state index contributed by atoms with van der Waals surface area (Å²) in [5, 5.41) is 4.55. The molecule has 5 heteroatoms. The zero-order chi connectivity index (χ0) is 11.0. The van der Waals surface area contributed by atoms with Gasteiger partial charge in [0.15, 0.2) is 5.58 Å². The van der Waals surface area contributed by atoms with Gasteiger partial charge in [0.1, 0.15) is 0 Å². The summed E-state index contributed by atoms with van der Waals surface area (Å²) in [5.41, 5.74) is 7.62. The molecule has 0 spiro atoms. The van der Waals surface area contributed by atoms with Crippen LogP contribution in [0.5, 0.6) is 0 Å². The third-order valence-corrected chi connectivity index (χ3v) is 2.23. The summed E-state index contributed by atoms with van der Waals surface area (Å²) in [7, 11) is 1.31. The molecule has 0 unspecified atom stereocenters. The standard InChI is InChI=1S/C10H10N2O3/c1-5-6-3-7(10(13)14-2)8(11)4-9(6)15-12-5/h3-4H,11H2,1-2H3. The maximum atomic E-state index is 11.4. The van der Waals surface area contributed by atoms with Crippen molar-refractivity contribution < 1.29 is 14.1 Å². The molecular weight excluding hydrogens is 196 g/mol. The molecule has 1 heterocycles. The summed E-state index contributed by atoms with van der Waals surface area (Å²) in [6.07, 6.45) is 0. The molecule has 2 N–H and O–H groups in total. The van der Waals surface area contributed by atoms with Gasteiger partial charge >= 0.3 is 5.97 Å². The van der Waals surface area contributed by atoms with Crippen LogP contribution in [0.3, 0.4) is 0 Å². The van der Waals surface area contributed by atoms with Crippen molar-refractivity contribution in [3.63, 3.8) is 0 Å². The van der Waals surface area contributed by atoms with Gasteiger partial charge in [0.25, 0.3) is 0 Å². The van der Waals surface area contributed by atoms with Crippen molar-refractivity contribution in [3.05, 3.63) is 23.4 Å². The second-order valence-corrected chi connectivity index (χ2v) is 3.20. The van der Waals surface area contributed by atoms with Crippen molar-refractivity contribution in [3.8, 4) is 0 Å². The molecule has 2 aromatic rings. The van der Waals surface area contributed by atoms with Crippen LogP contribution in [0.25, 0.3) is 11.0 Å². The van der Waals surface area contributed by atoms with Crippen molar-refractivity contribution in [2.75, 3.05) is 12.8 Å². The number of aromatic nitrogens is 1. The second kappa shape index (κ2) is 3.27. The Morgan fingerprint density at radius 2 is 2.27 bits per heavy atom. The zero-order valence-electron chi connectivity index (χ0n) is 8.40. The first kappa shape index (κ1) is 9.51. The van der Waals surface area contributed by atoms with Gasteiger partial charge in [0, 0.05) is 17.1 Å². The molecule has 0 aliphatic heterocycles. The lowest BCUT2D eigenvalue weighted by molar-refractivity contribution is 0.0602. The number of methoxy groups -OCH3 is 1. The predicted octanol–water partition coefficient (Wildman–Crippen LogP) is 1.51. The molecule has 0 bridgehead atoms. The summed E-state index contributed by atoms with van der Waals surface area (Å²) < 4.78 is 9.63. The number of esters is 1. The second-order valence-electron chi connectivity index (χ2n) is 3.20. The van der Waals surface area contributed by atoms with Crippen molar-refractivity contribution in [2.45, 2.75) is 6.92 Å². The first-order valence-corrected chi connectivity index (χ1v) is 4.37. The average Bonchev–Trinajstić information content (AvgIpc) is 2.58. The molecule has 5 nitrogen and oxygen atoms in total. The Bertz CT molecular complexity index is 531. The molecule has 0 radical (unpaired) electrons. The Morgan fingerprint density at radius 1 is 1.53 bits per heavy atom. The number of nitrogens with two attached hydrogens (primary N) is 1. The van der Waals surface area contributed by atoms with E-state index in [1.807, 2.05) is 0 Å². The van der Waals surface area contributed by atoms with E-state index in [-0.39, 0.29) is 0 Å². The lowest BCUT2D eigenvalue weighted by Gasteiger charge is -2.02. The molecule has 78 valence electrons. The lowest BCUT2D eigenvalue weighted by atomic mass is 10.1. The molecule has 0 aliphatic rings. The minimum absolute atomic E-state index is 0.325. The molecule has 2 rings (SSSR count). The molecule has 1 aromatic carbocycles. The summed E-state index contributed by atoms with van der Waals surface area (Å²) in [6.45, 7) is 1.79. The van der Waals surface area contributed by atoms with Crippen LogP contribution in [0, 0.1) is 6.92 Å². The summed E-state index contributed by atoms with van der Waals surface area (Å²) in [5.74, 6) is -0.463. The molecule has 0 fully saturated rings. The van der Waals surface area contributed by atoms with Crippen LogP contribution >= 0.6 is 0 Å². The highest BCUT2D eigenvalue weighted by atomic mass is 16.5. The number of rotatable bonds is 1. The number of hydrogen-bond acceptors (Lipinski definition) is 5. The van der Waals surface area contributed by atoms with E-state index < -0.39 is 5.97 Å². The van der Waals surface area contributed by atoms with Gasteiger partial charge in [-0.3, -0.25) is 0 Å². The number of carbonyl (C=O) groups is 1. The first-order chi connectivity index (χ1) is 7.13. The number of hydrogen-bond donors (Lipinski definition) is 1. The van der Waals surface area contributed by atoms with Crippen LogP contribution in [0.15, 0.2) is 16.7 Å². The Morgan fingerprint density at radius 3 is 2.93 bits per heavy atom. The Kier molecular flexibility index (Phi) is 2.07. The third-order valence-electron chi connectivity index (χ3n) is 2.23. The van der Waals surface area contributed by atoms with Crippen molar-refractivity contribution in [1.29, 1.82) is 0 Å². The van der Waals surface area contributed by atoms with Gasteiger partial charge in [-0.05, 0) is 13.0 Å². The number of ether oxygens (including phenoxy) is 1. The molecule has 0 aliphatic carbocycles. The maximum absolute atomic E-state index is 11.4. The Balaban J connectivity index is 2.70. The molecule has 1 aromatic heterocycles. The van der Waals surface area contributed by atoms with E-state index >= 15 is 0 Å². The number of nitrogens with zero attached hydrogens (tertiary/aromatic N) is 1. The van der Waals surface area contributed by atoms with Crippen LogP contribution in [0.1, 0.15) is 16.1 Å². The van der Waals surface area contributed by atoms with Crippen LogP contribution in [0.2, 0.25) is 0 Å². The monoisotopic (exact) mass is 206 g/mol. The van der Waals surface area contributed by atoms with E-state index in [2.05, 4.69) is 9.89 Å². The van der Waals surface area contributed by atoms with Gasteiger partial charge in [0.2, 0.25) is 0 Å². The van der Waals surface area contributed by atoms with Gasteiger partial charge in [-0.2, -0.15) is 0 Å². The van der Waals surface area contributed by atoms with Crippen molar-refractivity contribution >= 4 is 22.6 Å². The first-order valence-electron chi connectivity index (χ1n) is 4.37. The molecular formula is C10H10N2O3. The van der Waals surface area contributed by atoms with Crippen molar-refractivity contribution in [1.82, 2.24) is 5.16 Å². The number of fused-ring (bicyclic) bond motifs is 1. The molecule has 0 saturated carbocycles. The molecule has 0 saturated heterocycles. The normalized spacial score (nSPS) is 10.5. The summed E-state index contributed by atoms with van der Waals surface area (Å²) in [4.78, 5) is 11.4. The van der Waals surface area contributed by atoms with E-state index in [4.69, 9.17) is 10.3 Å². The van der Waals surface area contributed by atoms with Crippen LogP contribution < -0.4 is 5.73 Å². The van der Waals surface area contributed by atoms with E-state index in [0.29, 0.717) is 16.8 Å². The van der Waals surface area contributed by atoms with Crippen LogP contribution in [0.4, 0.5) is 5.69 Å². The number of anilines is 1. The van der Waals surface area contributed by atoms with Gasteiger partial charge in [-0.15, -0.1) is 0 Å². The Hall–Kier alpha value is -2.04. The fourth-order valence-electron chi connectivity index (χ4n) is 1.41. The smallest absolute Gasteiger partial charge is 0.339 e. The molecule has 0 amide bonds. The molecule has 15 heavy (non-hydrogen) atoms. The highest BCUT2D eigenvalue weighted by molar-refractivity contribution is 6.00. The fraction of sp³-hybridized carbons (Fsp3) is 0.200. The van der Waals surface area contributed by atoms with E-state index in [0.717, 1.165) is 11.1 Å². The fourth-order valence-corrected chi connectivity index (χ4v) is 1.41. The van der Waals surface area contributed by atoms with Gasteiger partial charge < -0.3 is 15.0 Å². The predicted molar refractivity (Wildman–Crippen MR) is 54.5 cm³/mol. The quantitative estimate of drug-likeness (QED) is 0.565. The Labute approximate surface area is 85.8 Å². The minimum Gasteiger partial charge on any atom is -0.465 e. The largest absolute Gasteiger partial charge is 0.465 e. The zero-order valence-corrected chi connectivity index (χ0v) is 8.40. The topological polar surface area (TPSA) is 78.3 Å². The number of carbonyl (C=O) groups excluding carboxylic acids is 1. The van der Waals surface area contributed by atoms with Crippen LogP contribution in [-0.4, -0.2) is 18.2 Å². The highest BCUT2D eigenvalue weighted by Gasteiger charge is 2.14. The van der Waals surface area contributed by atoms with Gasteiger partial charge in [-0.25, -0.2) is 4.79 Å². The van der Waals surface area contributed by atoms with Crippen molar-refractivity contribution in [2.24, 2.45) is 0 Å².